The molecule has 0 spiro atoms. The number of hydrogen-bond donors (Lipinski definition) is 0. The molecule has 0 saturated carbocycles. The molecular formula is C19H17NO. The van der Waals surface area contributed by atoms with Crippen LogP contribution in [-0.4, -0.2) is 6.10 Å². The summed E-state index contributed by atoms with van der Waals surface area (Å²) in [6.07, 6.45) is 3.11. The molecule has 0 unspecified atom stereocenters. The number of fused-ring (bicyclic) bond motifs is 1. The van der Waals surface area contributed by atoms with Gasteiger partial charge in [-0.05, 0) is 48.7 Å². The van der Waals surface area contributed by atoms with Crippen LogP contribution in [0.25, 0.3) is 11.6 Å². The molecule has 0 aliphatic carbocycles. The van der Waals surface area contributed by atoms with Crippen molar-refractivity contribution in [1.29, 1.82) is 5.26 Å². The standard InChI is InChI=1S/C19H17NO/c1-13-3-6-16(7-4-13)18(12-20)11-15-5-8-19-17(10-15)9-14(2)21-19/h3-8,10-11,14H,9H2,1-2H3/b18-11+/t14-/m1/s1. The average molecular weight is 275 g/mol. The van der Waals surface area contributed by atoms with Crippen molar-refractivity contribution >= 4 is 11.6 Å². The number of hydrogen-bond acceptors (Lipinski definition) is 2. The Hall–Kier alpha value is -2.53. The number of allylic oxidation sites excluding steroid dienone is 1. The smallest absolute Gasteiger partial charge is 0.123 e. The minimum atomic E-state index is 0.242. The number of aryl methyl sites for hydroxylation is 1. The van der Waals surface area contributed by atoms with E-state index >= 15 is 0 Å². The summed E-state index contributed by atoms with van der Waals surface area (Å²) in [6.45, 7) is 4.11. The van der Waals surface area contributed by atoms with Crippen LogP contribution >= 0.6 is 0 Å². The summed E-state index contributed by atoms with van der Waals surface area (Å²) >= 11 is 0. The van der Waals surface area contributed by atoms with E-state index < -0.39 is 0 Å². The normalized spacial score (nSPS) is 17.0. The molecule has 21 heavy (non-hydrogen) atoms. The van der Waals surface area contributed by atoms with Crippen LogP contribution in [-0.2, 0) is 6.42 Å². The van der Waals surface area contributed by atoms with Crippen molar-refractivity contribution < 1.29 is 4.74 Å². The predicted molar refractivity (Wildman–Crippen MR) is 84.9 cm³/mol. The number of benzene rings is 2. The fourth-order valence-electron chi connectivity index (χ4n) is 2.61. The summed E-state index contributed by atoms with van der Waals surface area (Å²) in [5, 5.41) is 9.40. The number of rotatable bonds is 2. The van der Waals surface area contributed by atoms with Crippen molar-refractivity contribution in [2.24, 2.45) is 0 Å². The van der Waals surface area contributed by atoms with Gasteiger partial charge in [0.2, 0.25) is 0 Å². The van der Waals surface area contributed by atoms with Gasteiger partial charge in [-0.1, -0.05) is 35.9 Å². The van der Waals surface area contributed by atoms with Gasteiger partial charge in [0.05, 0.1) is 11.6 Å². The lowest BCUT2D eigenvalue weighted by molar-refractivity contribution is 0.254. The Morgan fingerprint density at radius 1 is 1.24 bits per heavy atom. The fourth-order valence-corrected chi connectivity index (χ4v) is 2.61. The minimum Gasteiger partial charge on any atom is -0.490 e. The second-order valence-corrected chi connectivity index (χ2v) is 5.54. The lowest BCUT2D eigenvalue weighted by atomic mass is 10.0. The second-order valence-electron chi connectivity index (χ2n) is 5.54. The van der Waals surface area contributed by atoms with Gasteiger partial charge < -0.3 is 4.74 Å². The van der Waals surface area contributed by atoms with Gasteiger partial charge in [-0.2, -0.15) is 5.26 Å². The third kappa shape index (κ3) is 2.83. The summed E-state index contributed by atoms with van der Waals surface area (Å²) < 4.78 is 5.71. The highest BCUT2D eigenvalue weighted by Crippen LogP contribution is 2.30. The molecule has 1 atom stereocenters. The molecule has 2 aromatic rings. The van der Waals surface area contributed by atoms with E-state index in [1.54, 1.807) is 0 Å². The Balaban J connectivity index is 1.95. The van der Waals surface area contributed by atoms with E-state index in [2.05, 4.69) is 19.1 Å². The van der Waals surface area contributed by atoms with Gasteiger partial charge in [-0.3, -0.25) is 0 Å². The highest BCUT2D eigenvalue weighted by atomic mass is 16.5. The average Bonchev–Trinajstić information content (AvgIpc) is 2.85. The van der Waals surface area contributed by atoms with E-state index in [4.69, 9.17) is 4.74 Å². The molecule has 0 amide bonds. The van der Waals surface area contributed by atoms with Crippen molar-refractivity contribution in [3.63, 3.8) is 0 Å². The molecule has 1 heterocycles. The van der Waals surface area contributed by atoms with Gasteiger partial charge in [0.1, 0.15) is 11.9 Å². The fraction of sp³-hybridized carbons (Fsp3) is 0.211. The van der Waals surface area contributed by atoms with Crippen LogP contribution in [0.2, 0.25) is 0 Å². The van der Waals surface area contributed by atoms with Crippen LogP contribution in [0.15, 0.2) is 42.5 Å². The molecule has 0 fully saturated rings. The Labute approximate surface area is 125 Å². The van der Waals surface area contributed by atoms with Gasteiger partial charge in [-0.15, -0.1) is 0 Å². The van der Waals surface area contributed by atoms with Gasteiger partial charge >= 0.3 is 0 Å². The summed E-state index contributed by atoms with van der Waals surface area (Å²) in [6, 6.07) is 16.4. The second kappa shape index (κ2) is 5.46. The van der Waals surface area contributed by atoms with Gasteiger partial charge in [0.25, 0.3) is 0 Å². The molecule has 1 aliphatic heterocycles. The maximum absolute atomic E-state index is 9.40. The van der Waals surface area contributed by atoms with Gasteiger partial charge in [0.15, 0.2) is 0 Å². The van der Waals surface area contributed by atoms with E-state index in [1.165, 1.54) is 11.1 Å². The maximum Gasteiger partial charge on any atom is 0.123 e. The molecule has 0 radical (unpaired) electrons. The Bertz CT molecular complexity index is 735. The first-order valence-electron chi connectivity index (χ1n) is 7.14. The zero-order chi connectivity index (χ0) is 14.8. The molecule has 1 aliphatic rings. The summed E-state index contributed by atoms with van der Waals surface area (Å²) in [5.74, 6) is 0.966. The van der Waals surface area contributed by atoms with Crippen LogP contribution in [0.4, 0.5) is 0 Å². The molecule has 2 nitrogen and oxygen atoms in total. The van der Waals surface area contributed by atoms with E-state index in [0.717, 1.165) is 23.3 Å². The van der Waals surface area contributed by atoms with E-state index in [-0.39, 0.29) is 6.10 Å². The molecule has 3 rings (SSSR count). The summed E-state index contributed by atoms with van der Waals surface area (Å²) in [7, 11) is 0. The molecule has 2 heteroatoms. The van der Waals surface area contributed by atoms with E-state index in [9.17, 15) is 5.26 Å². The van der Waals surface area contributed by atoms with Crippen LogP contribution < -0.4 is 4.74 Å². The van der Waals surface area contributed by atoms with Crippen molar-refractivity contribution in [3.05, 3.63) is 64.7 Å². The SMILES string of the molecule is Cc1ccc(/C(C#N)=C/c2ccc3c(c2)C[C@@H](C)O3)cc1. The number of ether oxygens (including phenoxy) is 1. The summed E-state index contributed by atoms with van der Waals surface area (Å²) in [4.78, 5) is 0. The zero-order valence-corrected chi connectivity index (χ0v) is 12.3. The third-order valence-electron chi connectivity index (χ3n) is 3.71. The topological polar surface area (TPSA) is 33.0 Å². The molecule has 2 aromatic carbocycles. The van der Waals surface area contributed by atoms with Gasteiger partial charge in [0, 0.05) is 6.42 Å². The maximum atomic E-state index is 9.40. The molecule has 0 bridgehead atoms. The minimum absolute atomic E-state index is 0.242. The zero-order valence-electron chi connectivity index (χ0n) is 12.3. The first-order valence-corrected chi connectivity index (χ1v) is 7.14. The molecule has 0 N–H and O–H groups in total. The van der Waals surface area contributed by atoms with Crippen LogP contribution in [0.3, 0.4) is 0 Å². The Kier molecular flexibility index (Phi) is 3.50. The predicted octanol–water partition coefficient (Wildman–Crippen LogP) is 4.38. The highest BCUT2D eigenvalue weighted by molar-refractivity contribution is 5.89. The van der Waals surface area contributed by atoms with E-state index in [1.807, 2.05) is 49.4 Å². The number of nitrogens with zero attached hydrogens (tertiary/aromatic N) is 1. The lowest BCUT2D eigenvalue weighted by Crippen LogP contribution is -2.05. The van der Waals surface area contributed by atoms with Crippen molar-refractivity contribution in [2.45, 2.75) is 26.4 Å². The van der Waals surface area contributed by atoms with Crippen molar-refractivity contribution in [2.75, 3.05) is 0 Å². The van der Waals surface area contributed by atoms with Crippen molar-refractivity contribution in [3.8, 4) is 11.8 Å². The summed E-state index contributed by atoms with van der Waals surface area (Å²) in [5.41, 5.74) is 5.09. The number of nitriles is 1. The first kappa shape index (κ1) is 13.5. The lowest BCUT2D eigenvalue weighted by Gasteiger charge is -2.03. The largest absolute Gasteiger partial charge is 0.490 e. The van der Waals surface area contributed by atoms with E-state index in [0.29, 0.717) is 5.57 Å². The monoisotopic (exact) mass is 275 g/mol. The molecule has 0 saturated heterocycles. The molecule has 0 aromatic heterocycles. The Morgan fingerprint density at radius 3 is 2.71 bits per heavy atom. The molecular weight excluding hydrogens is 258 g/mol. The molecule has 104 valence electrons. The first-order chi connectivity index (χ1) is 10.2. The highest BCUT2D eigenvalue weighted by Gasteiger charge is 2.18. The van der Waals surface area contributed by atoms with Crippen LogP contribution in [0, 0.1) is 18.3 Å². The third-order valence-corrected chi connectivity index (χ3v) is 3.71. The Morgan fingerprint density at radius 2 is 2.00 bits per heavy atom. The van der Waals surface area contributed by atoms with Crippen LogP contribution in [0.1, 0.15) is 29.2 Å². The van der Waals surface area contributed by atoms with Crippen LogP contribution in [0.5, 0.6) is 5.75 Å². The van der Waals surface area contributed by atoms with Gasteiger partial charge in [-0.25, -0.2) is 0 Å². The van der Waals surface area contributed by atoms with Crippen molar-refractivity contribution in [1.82, 2.24) is 0 Å². The quantitative estimate of drug-likeness (QED) is 0.602.